The van der Waals surface area contributed by atoms with E-state index >= 15 is 0 Å². The quantitative estimate of drug-likeness (QED) is 0.666. The fourth-order valence-corrected chi connectivity index (χ4v) is 3.32. The summed E-state index contributed by atoms with van der Waals surface area (Å²) in [7, 11) is 0. The summed E-state index contributed by atoms with van der Waals surface area (Å²) < 4.78 is 1.23. The third-order valence-electron chi connectivity index (χ3n) is 3.94. The number of halogens is 1. The van der Waals surface area contributed by atoms with E-state index in [0.717, 1.165) is 10.4 Å². The highest BCUT2D eigenvalue weighted by molar-refractivity contribution is 7.10. The predicted molar refractivity (Wildman–Crippen MR) is 112 cm³/mol. The van der Waals surface area contributed by atoms with Gasteiger partial charge in [0.2, 0.25) is 0 Å². The van der Waals surface area contributed by atoms with Crippen LogP contribution in [0.4, 0.5) is 0 Å². The zero-order valence-corrected chi connectivity index (χ0v) is 17.3. The standard InChI is InChI=1S/C20H20ClN3O3S/c1-12-8-15(10-28-12)24-19(26)16(18(25)22-11-20(2,3)27)9-17(23-24)13-4-6-14(21)7-5-13/h4-10,27H,11H2,1-3H3,(H,22,25). The summed E-state index contributed by atoms with van der Waals surface area (Å²) >= 11 is 7.45. The number of thiophene rings is 1. The first-order valence-electron chi connectivity index (χ1n) is 8.60. The molecule has 1 aromatic carbocycles. The Hall–Kier alpha value is -2.48. The minimum absolute atomic E-state index is 0.0153. The van der Waals surface area contributed by atoms with Gasteiger partial charge in [0, 0.05) is 27.4 Å². The Bertz CT molecular complexity index is 1070. The molecule has 2 N–H and O–H groups in total. The number of carbonyl (C=O) groups excluding carboxylic acids is 1. The van der Waals surface area contributed by atoms with Crippen molar-refractivity contribution in [2.45, 2.75) is 26.4 Å². The summed E-state index contributed by atoms with van der Waals surface area (Å²) in [6, 6.07) is 10.3. The van der Waals surface area contributed by atoms with Gasteiger partial charge < -0.3 is 10.4 Å². The van der Waals surface area contributed by atoms with Crippen LogP contribution in [-0.2, 0) is 0 Å². The van der Waals surface area contributed by atoms with Crippen LogP contribution in [0, 0.1) is 6.92 Å². The van der Waals surface area contributed by atoms with Crippen LogP contribution in [0.5, 0.6) is 0 Å². The number of nitrogens with zero attached hydrogens (tertiary/aromatic N) is 2. The number of rotatable bonds is 5. The summed E-state index contributed by atoms with van der Waals surface area (Å²) in [6.45, 7) is 5.09. The van der Waals surface area contributed by atoms with Crippen LogP contribution in [0.15, 0.2) is 46.6 Å². The van der Waals surface area contributed by atoms with Gasteiger partial charge in [0.05, 0.1) is 17.0 Å². The highest BCUT2D eigenvalue weighted by Crippen LogP contribution is 2.21. The monoisotopic (exact) mass is 417 g/mol. The lowest BCUT2D eigenvalue weighted by molar-refractivity contribution is 0.0693. The number of nitrogens with one attached hydrogen (secondary N) is 1. The van der Waals surface area contributed by atoms with Crippen LogP contribution in [0.3, 0.4) is 0 Å². The van der Waals surface area contributed by atoms with E-state index in [-0.39, 0.29) is 12.1 Å². The molecule has 0 radical (unpaired) electrons. The number of hydrogen-bond acceptors (Lipinski definition) is 5. The number of aromatic nitrogens is 2. The van der Waals surface area contributed by atoms with Crippen molar-refractivity contribution in [3.05, 3.63) is 67.6 Å². The Morgan fingerprint density at radius 2 is 1.96 bits per heavy atom. The molecule has 146 valence electrons. The molecule has 28 heavy (non-hydrogen) atoms. The second-order valence-corrected chi connectivity index (χ2v) is 8.63. The fraction of sp³-hybridized carbons (Fsp3) is 0.250. The van der Waals surface area contributed by atoms with E-state index in [1.54, 1.807) is 38.1 Å². The second-order valence-electron chi connectivity index (χ2n) is 7.08. The van der Waals surface area contributed by atoms with Gasteiger partial charge in [-0.25, -0.2) is 0 Å². The second kappa shape index (κ2) is 7.87. The highest BCUT2D eigenvalue weighted by atomic mass is 35.5. The minimum atomic E-state index is -1.09. The number of benzene rings is 1. The van der Waals surface area contributed by atoms with Crippen molar-refractivity contribution >= 4 is 28.8 Å². The molecule has 2 aromatic heterocycles. The van der Waals surface area contributed by atoms with Crippen LogP contribution >= 0.6 is 22.9 Å². The molecular formula is C20H20ClN3O3S. The molecule has 6 nitrogen and oxygen atoms in total. The molecule has 3 aromatic rings. The van der Waals surface area contributed by atoms with Crippen molar-refractivity contribution in [1.82, 2.24) is 15.1 Å². The Balaban J connectivity index is 2.12. The van der Waals surface area contributed by atoms with E-state index in [1.165, 1.54) is 22.1 Å². The van der Waals surface area contributed by atoms with Crippen molar-refractivity contribution in [1.29, 1.82) is 0 Å². The smallest absolute Gasteiger partial charge is 0.284 e. The number of aryl methyl sites for hydroxylation is 1. The Morgan fingerprint density at radius 1 is 1.29 bits per heavy atom. The average molecular weight is 418 g/mol. The number of carbonyl (C=O) groups is 1. The molecule has 0 fully saturated rings. The third kappa shape index (κ3) is 4.67. The van der Waals surface area contributed by atoms with Crippen LogP contribution in [0.1, 0.15) is 29.1 Å². The highest BCUT2D eigenvalue weighted by Gasteiger charge is 2.20. The van der Waals surface area contributed by atoms with E-state index in [2.05, 4.69) is 10.4 Å². The van der Waals surface area contributed by atoms with Crippen molar-refractivity contribution in [3.63, 3.8) is 0 Å². The van der Waals surface area contributed by atoms with Gasteiger partial charge in [-0.2, -0.15) is 9.78 Å². The van der Waals surface area contributed by atoms with Crippen molar-refractivity contribution in [2.75, 3.05) is 6.54 Å². The van der Waals surface area contributed by atoms with Crippen LogP contribution in [-0.4, -0.2) is 32.9 Å². The van der Waals surface area contributed by atoms with Crippen molar-refractivity contribution < 1.29 is 9.90 Å². The number of amides is 1. The SMILES string of the molecule is Cc1cc(-n2nc(-c3ccc(Cl)cc3)cc(C(=O)NCC(C)(C)O)c2=O)cs1. The normalized spacial score (nSPS) is 11.5. The van der Waals surface area contributed by atoms with Gasteiger partial charge in [-0.3, -0.25) is 9.59 Å². The molecule has 0 atom stereocenters. The van der Waals surface area contributed by atoms with Gasteiger partial charge in [0.15, 0.2) is 0 Å². The van der Waals surface area contributed by atoms with Gasteiger partial charge in [0.1, 0.15) is 5.56 Å². The maximum Gasteiger partial charge on any atom is 0.284 e. The molecule has 3 rings (SSSR count). The molecule has 8 heteroatoms. The summed E-state index contributed by atoms with van der Waals surface area (Å²) in [5, 5.41) is 19.3. The summed E-state index contributed by atoms with van der Waals surface area (Å²) in [5.74, 6) is -0.564. The largest absolute Gasteiger partial charge is 0.389 e. The van der Waals surface area contributed by atoms with E-state index in [1.807, 2.05) is 18.4 Å². The number of hydrogen-bond donors (Lipinski definition) is 2. The Kier molecular flexibility index (Phi) is 5.69. The van der Waals surface area contributed by atoms with Crippen LogP contribution < -0.4 is 10.9 Å². The minimum Gasteiger partial charge on any atom is -0.389 e. The van der Waals surface area contributed by atoms with E-state index in [0.29, 0.717) is 16.4 Å². The lowest BCUT2D eigenvalue weighted by Crippen LogP contribution is -2.41. The van der Waals surface area contributed by atoms with E-state index < -0.39 is 17.1 Å². The van der Waals surface area contributed by atoms with Gasteiger partial charge in [0.25, 0.3) is 11.5 Å². The molecule has 0 spiro atoms. The van der Waals surface area contributed by atoms with Crippen molar-refractivity contribution in [2.24, 2.45) is 0 Å². The summed E-state index contributed by atoms with van der Waals surface area (Å²) in [4.78, 5) is 26.6. The maximum atomic E-state index is 12.9. The fourth-order valence-electron chi connectivity index (χ4n) is 2.53. The molecule has 0 saturated carbocycles. The first-order valence-corrected chi connectivity index (χ1v) is 9.86. The van der Waals surface area contributed by atoms with Crippen molar-refractivity contribution in [3.8, 4) is 16.9 Å². The van der Waals surface area contributed by atoms with E-state index in [4.69, 9.17) is 11.6 Å². The molecule has 2 heterocycles. The van der Waals surface area contributed by atoms with Gasteiger partial charge >= 0.3 is 0 Å². The van der Waals surface area contributed by atoms with Crippen LogP contribution in [0.2, 0.25) is 5.02 Å². The molecule has 0 aliphatic heterocycles. The molecule has 0 saturated heterocycles. The topological polar surface area (TPSA) is 84.2 Å². The maximum absolute atomic E-state index is 12.9. The summed E-state index contributed by atoms with van der Waals surface area (Å²) in [6.07, 6.45) is 0. The first-order chi connectivity index (χ1) is 13.1. The Morgan fingerprint density at radius 3 is 2.54 bits per heavy atom. The number of aliphatic hydroxyl groups is 1. The first kappa shape index (κ1) is 20.3. The molecule has 0 unspecified atom stereocenters. The van der Waals surface area contributed by atoms with Gasteiger partial charge in [-0.15, -0.1) is 11.3 Å². The zero-order valence-electron chi connectivity index (χ0n) is 15.7. The lowest BCUT2D eigenvalue weighted by atomic mass is 10.1. The van der Waals surface area contributed by atoms with Crippen LogP contribution in [0.25, 0.3) is 16.9 Å². The third-order valence-corrected chi connectivity index (χ3v) is 5.04. The molecular weight excluding hydrogens is 398 g/mol. The molecule has 0 aliphatic rings. The zero-order chi connectivity index (χ0) is 20.5. The van der Waals surface area contributed by atoms with E-state index in [9.17, 15) is 14.7 Å². The predicted octanol–water partition coefficient (Wildman–Crippen LogP) is 3.42. The van der Waals surface area contributed by atoms with Gasteiger partial charge in [-0.05, 0) is 45.0 Å². The molecule has 1 amide bonds. The van der Waals surface area contributed by atoms with Gasteiger partial charge in [-0.1, -0.05) is 23.7 Å². The molecule has 0 bridgehead atoms. The Labute approximate surface area is 171 Å². The molecule has 0 aliphatic carbocycles. The lowest BCUT2D eigenvalue weighted by Gasteiger charge is -2.17. The average Bonchev–Trinajstić information content (AvgIpc) is 3.06. The summed E-state index contributed by atoms with van der Waals surface area (Å²) in [5.41, 5.74) is 0.123.